The molecule has 0 radical (unpaired) electrons. The summed E-state index contributed by atoms with van der Waals surface area (Å²) in [7, 11) is 0. The first kappa shape index (κ1) is 13.3. The Bertz CT molecular complexity index is 569. The monoisotopic (exact) mass is 278 g/mol. The smallest absolute Gasteiger partial charge is 0.330 e. The maximum absolute atomic E-state index is 13.9. The molecule has 0 saturated carbocycles. The third-order valence-corrected chi connectivity index (χ3v) is 3.11. The fourth-order valence-corrected chi connectivity index (χ4v) is 2.37. The highest BCUT2D eigenvalue weighted by Crippen LogP contribution is 2.47. The Balaban J connectivity index is 2.45. The minimum atomic E-state index is -2.29. The Morgan fingerprint density at radius 2 is 2.39 bits per heavy atom. The van der Waals surface area contributed by atoms with Crippen molar-refractivity contribution in [2.75, 3.05) is 6.61 Å². The molecule has 2 rings (SSSR count). The Kier molecular flexibility index (Phi) is 3.08. The second kappa shape index (κ2) is 4.18. The summed E-state index contributed by atoms with van der Waals surface area (Å²) in [4.78, 5) is 23.4. The van der Waals surface area contributed by atoms with E-state index in [9.17, 15) is 14.0 Å². The topological polar surface area (TPSA) is 84.3 Å². The van der Waals surface area contributed by atoms with Gasteiger partial charge in [-0.25, -0.2) is 9.18 Å². The van der Waals surface area contributed by atoms with Crippen molar-refractivity contribution >= 4 is 11.6 Å². The van der Waals surface area contributed by atoms with Crippen molar-refractivity contribution in [2.24, 2.45) is 0 Å². The normalized spacial score (nSPS) is 35.9. The first-order valence-electron chi connectivity index (χ1n) is 5.25. The summed E-state index contributed by atoms with van der Waals surface area (Å²) in [5.74, 6) is -2.29. The van der Waals surface area contributed by atoms with E-state index in [0.29, 0.717) is 0 Å². The molecule has 100 valence electrons. The molecule has 2 heterocycles. The number of alkyl halides is 2. The average Bonchev–Trinajstić information content (AvgIpc) is 2.50. The van der Waals surface area contributed by atoms with Gasteiger partial charge in [0.15, 0.2) is 6.23 Å². The summed E-state index contributed by atoms with van der Waals surface area (Å²) in [5, 5.41) is 8.93. The number of aromatic amines is 1. The van der Waals surface area contributed by atoms with Crippen LogP contribution >= 0.6 is 11.6 Å². The molecule has 1 saturated heterocycles. The summed E-state index contributed by atoms with van der Waals surface area (Å²) in [6, 6.07) is 1.11. The summed E-state index contributed by atoms with van der Waals surface area (Å²) >= 11 is 6.12. The second-order valence-corrected chi connectivity index (χ2v) is 5.35. The van der Waals surface area contributed by atoms with Crippen molar-refractivity contribution in [2.45, 2.75) is 30.3 Å². The van der Waals surface area contributed by atoms with Crippen molar-refractivity contribution in [1.29, 1.82) is 0 Å². The molecule has 1 aromatic heterocycles. The molecule has 1 aromatic rings. The number of hydrogen-bond acceptors (Lipinski definition) is 4. The van der Waals surface area contributed by atoms with Crippen LogP contribution in [0.4, 0.5) is 4.39 Å². The van der Waals surface area contributed by atoms with E-state index < -0.39 is 34.8 Å². The van der Waals surface area contributed by atoms with Crippen LogP contribution in [0, 0.1) is 0 Å². The lowest BCUT2D eigenvalue weighted by Crippen LogP contribution is -2.37. The predicted octanol–water partition coefficient (Wildman–Crippen LogP) is 0.111. The molecule has 1 aliphatic heterocycles. The van der Waals surface area contributed by atoms with Crippen LogP contribution in [0.3, 0.4) is 0 Å². The van der Waals surface area contributed by atoms with Gasteiger partial charge in [0.05, 0.1) is 4.87 Å². The SMILES string of the molecule is C[C@@]1(Cl)C[C@@](F)(CO)O[C@H]1n1ccc(=O)[nH]c1=O. The van der Waals surface area contributed by atoms with Gasteiger partial charge < -0.3 is 9.84 Å². The van der Waals surface area contributed by atoms with E-state index in [1.165, 1.54) is 13.1 Å². The van der Waals surface area contributed by atoms with Gasteiger partial charge in [0.25, 0.3) is 5.56 Å². The lowest BCUT2D eigenvalue weighted by molar-refractivity contribution is -0.178. The first-order valence-corrected chi connectivity index (χ1v) is 5.63. The van der Waals surface area contributed by atoms with Gasteiger partial charge in [-0.1, -0.05) is 0 Å². The zero-order valence-corrected chi connectivity index (χ0v) is 10.3. The number of nitrogens with one attached hydrogen (secondary N) is 1. The van der Waals surface area contributed by atoms with Crippen molar-refractivity contribution in [3.63, 3.8) is 0 Å². The van der Waals surface area contributed by atoms with Gasteiger partial charge in [-0.15, -0.1) is 11.6 Å². The number of hydrogen-bond donors (Lipinski definition) is 2. The van der Waals surface area contributed by atoms with E-state index in [1.54, 1.807) is 0 Å². The van der Waals surface area contributed by atoms with Crippen molar-refractivity contribution in [1.82, 2.24) is 9.55 Å². The van der Waals surface area contributed by atoms with Crippen LogP contribution in [0.15, 0.2) is 21.9 Å². The molecule has 0 amide bonds. The standard InChI is InChI=1S/C10H12ClFN2O4/c1-9(11)4-10(12,5-15)18-7(9)14-3-2-6(16)13-8(14)17/h2-3,7,15H,4-5H2,1H3,(H,13,16,17)/t7-,9-,10+/m1/s1. The van der Waals surface area contributed by atoms with Crippen LogP contribution in [0.25, 0.3) is 0 Å². The minimum absolute atomic E-state index is 0.270. The molecular formula is C10H12ClFN2O4. The maximum atomic E-state index is 13.9. The summed E-state index contributed by atoms with van der Waals surface area (Å²) in [6.07, 6.45) is -0.204. The molecule has 0 unspecified atom stereocenters. The summed E-state index contributed by atoms with van der Waals surface area (Å²) < 4.78 is 19.9. The molecule has 8 heteroatoms. The van der Waals surface area contributed by atoms with Crippen molar-refractivity contribution in [3.05, 3.63) is 33.1 Å². The minimum Gasteiger partial charge on any atom is -0.390 e. The molecule has 2 N–H and O–H groups in total. The number of halogens is 2. The van der Waals surface area contributed by atoms with Gasteiger partial charge in [-0.2, -0.15) is 0 Å². The molecule has 6 nitrogen and oxygen atoms in total. The molecule has 1 fully saturated rings. The Hall–Kier alpha value is -1.18. The zero-order chi connectivity index (χ0) is 13.6. The Morgan fingerprint density at radius 3 is 2.89 bits per heavy atom. The number of ether oxygens (including phenoxy) is 1. The number of aliphatic hydroxyl groups is 1. The highest BCUT2D eigenvalue weighted by atomic mass is 35.5. The highest BCUT2D eigenvalue weighted by Gasteiger charge is 2.54. The molecular weight excluding hydrogens is 267 g/mol. The molecule has 3 atom stereocenters. The van der Waals surface area contributed by atoms with Gasteiger partial charge in [-0.05, 0) is 6.92 Å². The van der Waals surface area contributed by atoms with Gasteiger partial charge in [0.2, 0.25) is 5.85 Å². The summed E-state index contributed by atoms with van der Waals surface area (Å²) in [5.41, 5.74) is -1.32. The third kappa shape index (κ3) is 2.21. The predicted molar refractivity (Wildman–Crippen MR) is 61.2 cm³/mol. The molecule has 18 heavy (non-hydrogen) atoms. The van der Waals surface area contributed by atoms with Gasteiger partial charge in [0, 0.05) is 18.7 Å². The van der Waals surface area contributed by atoms with Crippen LogP contribution in [0.5, 0.6) is 0 Å². The lowest BCUT2D eigenvalue weighted by Gasteiger charge is -2.23. The molecule has 0 spiro atoms. The molecule has 0 aromatic carbocycles. The van der Waals surface area contributed by atoms with E-state index in [2.05, 4.69) is 0 Å². The van der Waals surface area contributed by atoms with Crippen LogP contribution in [-0.4, -0.2) is 32.0 Å². The van der Waals surface area contributed by atoms with E-state index in [1.807, 2.05) is 4.98 Å². The fraction of sp³-hybridized carbons (Fsp3) is 0.600. The quantitative estimate of drug-likeness (QED) is 0.752. The van der Waals surface area contributed by atoms with Crippen molar-refractivity contribution < 1.29 is 14.2 Å². The first-order chi connectivity index (χ1) is 8.27. The Labute approximate surface area is 106 Å². The van der Waals surface area contributed by atoms with Crippen LogP contribution < -0.4 is 11.2 Å². The number of rotatable bonds is 2. The highest BCUT2D eigenvalue weighted by molar-refractivity contribution is 6.24. The third-order valence-electron chi connectivity index (χ3n) is 2.79. The van der Waals surface area contributed by atoms with Crippen molar-refractivity contribution in [3.8, 4) is 0 Å². The maximum Gasteiger partial charge on any atom is 0.330 e. The van der Waals surface area contributed by atoms with Crippen LogP contribution in [0.2, 0.25) is 0 Å². The van der Waals surface area contributed by atoms with Crippen LogP contribution in [-0.2, 0) is 4.74 Å². The number of aromatic nitrogens is 2. The largest absolute Gasteiger partial charge is 0.390 e. The average molecular weight is 279 g/mol. The lowest BCUT2D eigenvalue weighted by atomic mass is 10.0. The molecule has 0 aliphatic carbocycles. The number of aliphatic hydroxyl groups excluding tert-OH is 1. The van der Waals surface area contributed by atoms with E-state index in [0.717, 1.165) is 10.6 Å². The molecule has 1 aliphatic rings. The zero-order valence-electron chi connectivity index (χ0n) is 9.52. The molecule has 0 bridgehead atoms. The number of nitrogens with zero attached hydrogens (tertiary/aromatic N) is 1. The van der Waals surface area contributed by atoms with E-state index in [-0.39, 0.29) is 6.42 Å². The van der Waals surface area contributed by atoms with Gasteiger partial charge in [0.1, 0.15) is 6.61 Å². The second-order valence-electron chi connectivity index (χ2n) is 4.48. The van der Waals surface area contributed by atoms with E-state index >= 15 is 0 Å². The number of H-pyrrole nitrogens is 1. The summed E-state index contributed by atoms with van der Waals surface area (Å²) in [6.45, 7) is 0.637. The fourth-order valence-electron chi connectivity index (χ4n) is 2.02. The van der Waals surface area contributed by atoms with Crippen LogP contribution in [0.1, 0.15) is 19.6 Å². The van der Waals surface area contributed by atoms with E-state index in [4.69, 9.17) is 21.4 Å². The Morgan fingerprint density at radius 1 is 1.72 bits per heavy atom. The van der Waals surface area contributed by atoms with Gasteiger partial charge >= 0.3 is 5.69 Å². The van der Waals surface area contributed by atoms with Gasteiger partial charge in [-0.3, -0.25) is 14.3 Å².